The summed E-state index contributed by atoms with van der Waals surface area (Å²) in [6.07, 6.45) is 2.74. The summed E-state index contributed by atoms with van der Waals surface area (Å²) >= 11 is 5.79. The Labute approximate surface area is 151 Å². The first-order valence-electron chi connectivity index (χ1n) is 8.00. The molecule has 130 valence electrons. The Kier molecular flexibility index (Phi) is 4.95. The maximum atomic E-state index is 11.7. The Bertz CT molecular complexity index is 801. The molecule has 0 saturated heterocycles. The van der Waals surface area contributed by atoms with Crippen molar-refractivity contribution in [3.8, 4) is 5.75 Å². The monoisotopic (exact) mass is 358 g/mol. The third kappa shape index (κ3) is 4.73. The van der Waals surface area contributed by atoms with Gasteiger partial charge in [0.25, 0.3) is 0 Å². The van der Waals surface area contributed by atoms with E-state index < -0.39 is 6.09 Å². The van der Waals surface area contributed by atoms with Crippen LogP contribution in [0.4, 0.5) is 10.5 Å². The second-order valence-corrected chi connectivity index (χ2v) is 6.91. The molecule has 0 spiro atoms. The zero-order valence-corrected chi connectivity index (χ0v) is 14.8. The van der Waals surface area contributed by atoms with E-state index in [0.717, 1.165) is 29.7 Å². The number of ether oxygens (including phenoxy) is 1. The molecule has 5 nitrogen and oxygen atoms in total. The molecule has 0 bridgehead atoms. The highest BCUT2D eigenvalue weighted by molar-refractivity contribution is 6.30. The number of nitrogens with zero attached hydrogens (tertiary/aromatic N) is 1. The number of hydrogen-bond donors (Lipinski definition) is 1. The standard InChI is InChI=1S/C19H19ClN2O3/c1-19(2)10-9-14-11-13(3-8-17(14)24-19)12-21-25-18(23)22-16-6-4-15(20)5-7-16/h3-8,11-12H,9-10H2,1-2H3,(H,22,23)/b21-12-. The minimum atomic E-state index is -0.665. The van der Waals surface area contributed by atoms with Gasteiger partial charge >= 0.3 is 6.09 Å². The van der Waals surface area contributed by atoms with Crippen LogP contribution in [0.1, 0.15) is 31.4 Å². The zero-order chi connectivity index (χ0) is 17.9. The average Bonchev–Trinajstić information content (AvgIpc) is 2.56. The number of oxime groups is 1. The second kappa shape index (κ2) is 7.15. The van der Waals surface area contributed by atoms with E-state index in [-0.39, 0.29) is 5.60 Å². The quantitative estimate of drug-likeness (QED) is 0.475. The lowest BCUT2D eigenvalue weighted by Gasteiger charge is -2.32. The number of aryl methyl sites for hydroxylation is 1. The minimum absolute atomic E-state index is 0.133. The summed E-state index contributed by atoms with van der Waals surface area (Å²) in [5.74, 6) is 0.898. The maximum absolute atomic E-state index is 11.7. The SMILES string of the molecule is CC1(C)CCc2cc(/C=N\OC(=O)Nc3ccc(Cl)cc3)ccc2O1. The summed E-state index contributed by atoms with van der Waals surface area (Å²) < 4.78 is 5.94. The number of nitrogens with one attached hydrogen (secondary N) is 1. The normalized spacial score (nSPS) is 15.3. The topological polar surface area (TPSA) is 59.9 Å². The molecule has 1 N–H and O–H groups in total. The van der Waals surface area contributed by atoms with Crippen LogP contribution in [0.15, 0.2) is 47.6 Å². The van der Waals surface area contributed by atoms with Crippen LogP contribution in [0.3, 0.4) is 0 Å². The van der Waals surface area contributed by atoms with Crippen molar-refractivity contribution >= 4 is 29.6 Å². The molecule has 0 saturated carbocycles. The molecule has 25 heavy (non-hydrogen) atoms. The molecule has 1 aliphatic rings. The maximum Gasteiger partial charge on any atom is 0.437 e. The van der Waals surface area contributed by atoms with Crippen LogP contribution in [-0.4, -0.2) is 17.9 Å². The number of fused-ring (bicyclic) bond motifs is 1. The van der Waals surface area contributed by atoms with Crippen molar-refractivity contribution in [1.82, 2.24) is 0 Å². The molecule has 2 aromatic carbocycles. The van der Waals surface area contributed by atoms with Crippen LogP contribution in [0.5, 0.6) is 5.75 Å². The van der Waals surface area contributed by atoms with Gasteiger partial charge in [-0.25, -0.2) is 4.79 Å². The molecule has 1 amide bonds. The van der Waals surface area contributed by atoms with E-state index >= 15 is 0 Å². The van der Waals surface area contributed by atoms with E-state index in [1.165, 1.54) is 6.21 Å². The van der Waals surface area contributed by atoms with E-state index in [9.17, 15) is 4.79 Å². The van der Waals surface area contributed by atoms with Gasteiger partial charge in [0, 0.05) is 10.7 Å². The Morgan fingerprint density at radius 3 is 2.80 bits per heavy atom. The molecule has 1 aliphatic heterocycles. The summed E-state index contributed by atoms with van der Waals surface area (Å²) in [6, 6.07) is 12.5. The smallest absolute Gasteiger partial charge is 0.437 e. The van der Waals surface area contributed by atoms with Gasteiger partial charge in [-0.1, -0.05) is 16.8 Å². The van der Waals surface area contributed by atoms with Crippen molar-refractivity contribution < 1.29 is 14.4 Å². The van der Waals surface area contributed by atoms with E-state index in [1.54, 1.807) is 24.3 Å². The lowest BCUT2D eigenvalue weighted by Crippen LogP contribution is -2.32. The second-order valence-electron chi connectivity index (χ2n) is 6.47. The Morgan fingerprint density at radius 2 is 2.04 bits per heavy atom. The van der Waals surface area contributed by atoms with Gasteiger partial charge in [0.2, 0.25) is 0 Å². The first-order chi connectivity index (χ1) is 11.9. The fraction of sp³-hybridized carbons (Fsp3) is 0.263. The molecule has 3 rings (SSSR count). The molecule has 0 fully saturated rings. The van der Waals surface area contributed by atoms with Gasteiger partial charge in [-0.3, -0.25) is 10.2 Å². The van der Waals surface area contributed by atoms with Crippen molar-refractivity contribution in [2.24, 2.45) is 5.16 Å². The first-order valence-corrected chi connectivity index (χ1v) is 8.38. The highest BCUT2D eigenvalue weighted by atomic mass is 35.5. The van der Waals surface area contributed by atoms with Crippen LogP contribution in [0.25, 0.3) is 0 Å². The summed E-state index contributed by atoms with van der Waals surface area (Å²) in [7, 11) is 0. The van der Waals surface area contributed by atoms with Crippen molar-refractivity contribution in [3.63, 3.8) is 0 Å². The highest BCUT2D eigenvalue weighted by Gasteiger charge is 2.26. The predicted octanol–water partition coefficient (Wildman–Crippen LogP) is 5.03. The third-order valence-corrected chi connectivity index (χ3v) is 4.15. The first kappa shape index (κ1) is 17.3. The fourth-order valence-electron chi connectivity index (χ4n) is 2.57. The van der Waals surface area contributed by atoms with Crippen LogP contribution in [0, 0.1) is 0 Å². The third-order valence-electron chi connectivity index (χ3n) is 3.90. The van der Waals surface area contributed by atoms with Crippen LogP contribution in [0.2, 0.25) is 5.02 Å². The number of hydrogen-bond acceptors (Lipinski definition) is 4. The molecule has 6 heteroatoms. The van der Waals surface area contributed by atoms with Crippen LogP contribution in [-0.2, 0) is 11.3 Å². The van der Waals surface area contributed by atoms with Gasteiger partial charge in [-0.15, -0.1) is 0 Å². The molecule has 0 atom stereocenters. The highest BCUT2D eigenvalue weighted by Crippen LogP contribution is 2.33. The number of carbonyl (C=O) groups is 1. The molecule has 2 aromatic rings. The van der Waals surface area contributed by atoms with Crippen molar-refractivity contribution in [1.29, 1.82) is 0 Å². The Balaban J connectivity index is 1.57. The number of anilines is 1. The number of halogens is 1. The van der Waals surface area contributed by atoms with E-state index in [1.807, 2.05) is 18.2 Å². The number of rotatable bonds is 3. The molecular weight excluding hydrogens is 340 g/mol. The van der Waals surface area contributed by atoms with Crippen molar-refractivity contribution in [3.05, 3.63) is 58.6 Å². The molecule has 0 radical (unpaired) electrons. The van der Waals surface area contributed by atoms with Crippen molar-refractivity contribution in [2.45, 2.75) is 32.3 Å². The lowest BCUT2D eigenvalue weighted by molar-refractivity contribution is 0.0847. The fourth-order valence-corrected chi connectivity index (χ4v) is 2.69. The Morgan fingerprint density at radius 1 is 1.28 bits per heavy atom. The van der Waals surface area contributed by atoms with Crippen LogP contribution >= 0.6 is 11.6 Å². The van der Waals surface area contributed by atoms with Gasteiger partial charge in [0.15, 0.2) is 0 Å². The van der Waals surface area contributed by atoms with Crippen molar-refractivity contribution in [2.75, 3.05) is 5.32 Å². The van der Waals surface area contributed by atoms with E-state index in [2.05, 4.69) is 24.3 Å². The number of carbonyl (C=O) groups excluding carboxylic acids is 1. The zero-order valence-electron chi connectivity index (χ0n) is 14.1. The average molecular weight is 359 g/mol. The molecule has 0 aliphatic carbocycles. The summed E-state index contributed by atoms with van der Waals surface area (Å²) in [6.45, 7) is 4.16. The molecular formula is C19H19ClN2O3. The lowest BCUT2D eigenvalue weighted by atomic mass is 9.93. The van der Waals surface area contributed by atoms with E-state index in [4.69, 9.17) is 21.2 Å². The molecule has 0 aromatic heterocycles. The summed E-state index contributed by atoms with van der Waals surface area (Å²) in [4.78, 5) is 16.5. The number of benzene rings is 2. The van der Waals surface area contributed by atoms with Gasteiger partial charge in [0.1, 0.15) is 11.4 Å². The number of amides is 1. The molecule has 1 heterocycles. The Hall–Kier alpha value is -2.53. The largest absolute Gasteiger partial charge is 0.488 e. The van der Waals surface area contributed by atoms with Gasteiger partial charge in [-0.2, -0.15) is 0 Å². The van der Waals surface area contributed by atoms with Gasteiger partial charge < -0.3 is 4.74 Å². The molecule has 0 unspecified atom stereocenters. The van der Waals surface area contributed by atoms with Crippen LogP contribution < -0.4 is 10.1 Å². The van der Waals surface area contributed by atoms with E-state index in [0.29, 0.717) is 10.7 Å². The minimum Gasteiger partial charge on any atom is -0.488 e. The summed E-state index contributed by atoms with van der Waals surface area (Å²) in [5.41, 5.74) is 2.43. The van der Waals surface area contributed by atoms with Gasteiger partial charge in [0.05, 0.1) is 6.21 Å². The summed E-state index contributed by atoms with van der Waals surface area (Å²) in [5, 5.41) is 6.88. The van der Waals surface area contributed by atoms with Gasteiger partial charge in [-0.05, 0) is 80.3 Å². The predicted molar refractivity (Wildman–Crippen MR) is 98.6 cm³/mol.